The van der Waals surface area contributed by atoms with Gasteiger partial charge in [-0.1, -0.05) is 6.92 Å². The van der Waals surface area contributed by atoms with E-state index in [1.807, 2.05) is 6.92 Å². The molecule has 6 nitrogen and oxygen atoms in total. The number of rotatable bonds is 9. The Kier molecular flexibility index (Phi) is 6.77. The van der Waals surface area contributed by atoms with Crippen LogP contribution in [0.3, 0.4) is 0 Å². The van der Waals surface area contributed by atoms with E-state index in [4.69, 9.17) is 19.9 Å². The fourth-order valence-electron chi connectivity index (χ4n) is 1.88. The van der Waals surface area contributed by atoms with E-state index in [0.717, 1.165) is 5.56 Å². The Morgan fingerprint density at radius 3 is 2.10 bits per heavy atom. The molecule has 1 aromatic rings. The first-order chi connectivity index (χ1) is 9.97. The highest BCUT2D eigenvalue weighted by Crippen LogP contribution is 2.38. The zero-order chi connectivity index (χ0) is 15.9. The van der Waals surface area contributed by atoms with Crippen molar-refractivity contribution in [3.8, 4) is 17.2 Å². The minimum atomic E-state index is -3.08. The fourth-order valence-corrected chi connectivity index (χ4v) is 3.04. The van der Waals surface area contributed by atoms with Crippen molar-refractivity contribution in [2.24, 2.45) is 5.73 Å². The number of methoxy groups -OCH3 is 2. The quantitative estimate of drug-likeness (QED) is 0.740. The molecular formula is C14H23NO5S. The summed E-state index contributed by atoms with van der Waals surface area (Å²) in [7, 11) is -0.0610. The van der Waals surface area contributed by atoms with Crippen LogP contribution in [0.4, 0.5) is 0 Å². The van der Waals surface area contributed by atoms with Gasteiger partial charge in [0.25, 0.3) is 0 Å². The predicted molar refractivity (Wildman–Crippen MR) is 81.9 cm³/mol. The van der Waals surface area contributed by atoms with Gasteiger partial charge < -0.3 is 19.9 Å². The first kappa shape index (κ1) is 17.6. The molecular weight excluding hydrogens is 294 g/mol. The number of hydrogen-bond donors (Lipinski definition) is 1. The molecule has 1 aromatic carbocycles. The van der Waals surface area contributed by atoms with Crippen LogP contribution in [0.25, 0.3) is 0 Å². The molecule has 7 heteroatoms. The van der Waals surface area contributed by atoms with E-state index in [-0.39, 0.29) is 18.1 Å². The summed E-state index contributed by atoms with van der Waals surface area (Å²) in [5.41, 5.74) is 6.45. The smallest absolute Gasteiger partial charge is 0.203 e. The maximum absolute atomic E-state index is 11.7. The molecule has 0 amide bonds. The molecule has 0 heterocycles. The van der Waals surface area contributed by atoms with Crippen LogP contribution >= 0.6 is 0 Å². The third-order valence-electron chi connectivity index (χ3n) is 2.91. The highest BCUT2D eigenvalue weighted by molar-refractivity contribution is 7.91. The summed E-state index contributed by atoms with van der Waals surface area (Å²) >= 11 is 0. The highest BCUT2D eigenvalue weighted by Gasteiger charge is 2.16. The van der Waals surface area contributed by atoms with Crippen LogP contribution in [-0.4, -0.2) is 40.7 Å². The number of nitrogens with two attached hydrogens (primary N) is 1. The average molecular weight is 317 g/mol. The van der Waals surface area contributed by atoms with E-state index >= 15 is 0 Å². The lowest BCUT2D eigenvalue weighted by molar-refractivity contribution is 0.288. The normalized spacial score (nSPS) is 11.2. The molecule has 21 heavy (non-hydrogen) atoms. The summed E-state index contributed by atoms with van der Waals surface area (Å²) < 4.78 is 39.4. The third-order valence-corrected chi connectivity index (χ3v) is 4.73. The molecule has 0 aromatic heterocycles. The number of benzene rings is 1. The summed E-state index contributed by atoms with van der Waals surface area (Å²) in [4.78, 5) is 0. The molecule has 0 unspecified atom stereocenters. The predicted octanol–water partition coefficient (Wildman–Crippen LogP) is 1.37. The monoisotopic (exact) mass is 317 g/mol. The van der Waals surface area contributed by atoms with Gasteiger partial charge in [0.05, 0.1) is 25.7 Å². The van der Waals surface area contributed by atoms with Gasteiger partial charge in [0, 0.05) is 6.54 Å². The molecule has 0 spiro atoms. The average Bonchev–Trinajstić information content (AvgIpc) is 2.46. The summed E-state index contributed by atoms with van der Waals surface area (Å²) in [5.74, 6) is 1.47. The Hall–Kier alpha value is -1.47. The molecule has 0 aliphatic carbocycles. The zero-order valence-corrected chi connectivity index (χ0v) is 13.5. The van der Waals surface area contributed by atoms with Gasteiger partial charge in [0.2, 0.25) is 5.75 Å². The van der Waals surface area contributed by atoms with Crippen LogP contribution in [0.15, 0.2) is 12.1 Å². The van der Waals surface area contributed by atoms with Crippen molar-refractivity contribution in [1.29, 1.82) is 0 Å². The van der Waals surface area contributed by atoms with Crippen molar-refractivity contribution in [3.63, 3.8) is 0 Å². The SMILES string of the molecule is CCCS(=O)(=O)CCOc1c(OC)cc(CN)cc1OC. The molecule has 0 aliphatic rings. The highest BCUT2D eigenvalue weighted by atomic mass is 32.2. The van der Waals surface area contributed by atoms with Gasteiger partial charge in [0.15, 0.2) is 21.3 Å². The van der Waals surface area contributed by atoms with E-state index in [2.05, 4.69) is 0 Å². The summed E-state index contributed by atoms with van der Waals surface area (Å²) in [6, 6.07) is 3.50. The molecule has 0 radical (unpaired) electrons. The van der Waals surface area contributed by atoms with Crippen molar-refractivity contribution in [1.82, 2.24) is 0 Å². The van der Waals surface area contributed by atoms with E-state index in [9.17, 15) is 8.42 Å². The lowest BCUT2D eigenvalue weighted by Gasteiger charge is -2.15. The van der Waals surface area contributed by atoms with Gasteiger partial charge in [-0.15, -0.1) is 0 Å². The maximum Gasteiger partial charge on any atom is 0.203 e. The summed E-state index contributed by atoms with van der Waals surface area (Å²) in [6.45, 7) is 2.23. The molecule has 0 saturated carbocycles. The summed E-state index contributed by atoms with van der Waals surface area (Å²) in [6.07, 6.45) is 0.597. The van der Waals surface area contributed by atoms with E-state index in [1.165, 1.54) is 14.2 Å². The molecule has 2 N–H and O–H groups in total. The van der Waals surface area contributed by atoms with Gasteiger partial charge >= 0.3 is 0 Å². The second-order valence-electron chi connectivity index (χ2n) is 4.53. The van der Waals surface area contributed by atoms with Crippen LogP contribution in [-0.2, 0) is 16.4 Å². The van der Waals surface area contributed by atoms with Crippen molar-refractivity contribution >= 4 is 9.84 Å². The van der Waals surface area contributed by atoms with Gasteiger partial charge in [0.1, 0.15) is 6.61 Å². The van der Waals surface area contributed by atoms with Crippen molar-refractivity contribution in [3.05, 3.63) is 17.7 Å². The number of sulfone groups is 1. The van der Waals surface area contributed by atoms with E-state index in [0.29, 0.717) is 30.2 Å². The Bertz CT molecular complexity index is 531. The van der Waals surface area contributed by atoms with Crippen LogP contribution in [0.1, 0.15) is 18.9 Å². The van der Waals surface area contributed by atoms with Crippen LogP contribution < -0.4 is 19.9 Å². The van der Waals surface area contributed by atoms with Crippen LogP contribution in [0, 0.1) is 0 Å². The first-order valence-corrected chi connectivity index (χ1v) is 8.57. The van der Waals surface area contributed by atoms with Crippen LogP contribution in [0.2, 0.25) is 0 Å². The number of ether oxygens (including phenoxy) is 3. The Morgan fingerprint density at radius 1 is 1.10 bits per heavy atom. The van der Waals surface area contributed by atoms with E-state index in [1.54, 1.807) is 12.1 Å². The maximum atomic E-state index is 11.7. The molecule has 1 rings (SSSR count). The standard InChI is InChI=1S/C14H23NO5S/c1-4-6-21(16,17)7-5-20-14-12(18-2)8-11(10-15)9-13(14)19-3/h8-9H,4-7,10,15H2,1-3H3. The van der Waals surface area contributed by atoms with E-state index < -0.39 is 9.84 Å². The topological polar surface area (TPSA) is 87.9 Å². The Morgan fingerprint density at radius 2 is 1.67 bits per heavy atom. The second kappa shape index (κ2) is 8.09. The zero-order valence-electron chi connectivity index (χ0n) is 12.7. The molecule has 0 aliphatic heterocycles. The van der Waals surface area contributed by atoms with Crippen molar-refractivity contribution in [2.75, 3.05) is 32.3 Å². The lowest BCUT2D eigenvalue weighted by Crippen LogP contribution is -2.17. The first-order valence-electron chi connectivity index (χ1n) is 6.75. The Balaban J connectivity index is 2.87. The van der Waals surface area contributed by atoms with Gasteiger partial charge in [-0.3, -0.25) is 0 Å². The number of hydrogen-bond acceptors (Lipinski definition) is 6. The minimum absolute atomic E-state index is 0.0359. The second-order valence-corrected chi connectivity index (χ2v) is 6.84. The third kappa shape index (κ3) is 5.09. The largest absolute Gasteiger partial charge is 0.493 e. The molecule has 0 fully saturated rings. The van der Waals surface area contributed by atoms with Crippen LogP contribution in [0.5, 0.6) is 17.2 Å². The Labute approximate surface area is 126 Å². The van der Waals surface area contributed by atoms with Gasteiger partial charge in [-0.25, -0.2) is 8.42 Å². The lowest BCUT2D eigenvalue weighted by atomic mass is 10.2. The minimum Gasteiger partial charge on any atom is -0.493 e. The van der Waals surface area contributed by atoms with Crippen molar-refractivity contribution in [2.45, 2.75) is 19.9 Å². The molecule has 0 saturated heterocycles. The van der Waals surface area contributed by atoms with Crippen molar-refractivity contribution < 1.29 is 22.6 Å². The summed E-state index contributed by atoms with van der Waals surface area (Å²) in [5, 5.41) is 0. The molecule has 0 atom stereocenters. The van der Waals surface area contributed by atoms with Gasteiger partial charge in [-0.05, 0) is 24.1 Å². The fraction of sp³-hybridized carbons (Fsp3) is 0.571. The van der Waals surface area contributed by atoms with Gasteiger partial charge in [-0.2, -0.15) is 0 Å². The molecule has 120 valence electrons. The molecule has 0 bridgehead atoms.